The van der Waals surface area contributed by atoms with Crippen LogP contribution in [0.15, 0.2) is 11.6 Å². The van der Waals surface area contributed by atoms with Crippen LogP contribution in [0.1, 0.15) is 47.0 Å². The zero-order valence-electron chi connectivity index (χ0n) is 14.6. The van der Waals surface area contributed by atoms with Crippen LogP contribution in [-0.2, 0) is 19.0 Å². The summed E-state index contributed by atoms with van der Waals surface area (Å²) >= 11 is 0. The van der Waals surface area contributed by atoms with Gasteiger partial charge in [0.1, 0.15) is 5.60 Å². The van der Waals surface area contributed by atoms with Crippen molar-refractivity contribution >= 4 is 18.2 Å². The van der Waals surface area contributed by atoms with Crippen molar-refractivity contribution < 1.29 is 28.6 Å². The van der Waals surface area contributed by atoms with Crippen LogP contribution in [0, 0.1) is 0 Å². The number of cyclic esters (lactones) is 1. The predicted octanol–water partition coefficient (Wildman–Crippen LogP) is 2.24. The molecule has 8 nitrogen and oxygen atoms in total. The number of esters is 1. The number of alkyl carbamates (subject to hydrolysis) is 2. The third-order valence-electron chi connectivity index (χ3n) is 2.95. The Morgan fingerprint density at radius 3 is 2.21 bits per heavy atom. The van der Waals surface area contributed by atoms with Gasteiger partial charge in [0.15, 0.2) is 0 Å². The fourth-order valence-electron chi connectivity index (χ4n) is 1.83. The number of carbonyl (C=O) groups excluding carboxylic acids is 3. The van der Waals surface area contributed by atoms with Crippen molar-refractivity contribution in [3.05, 3.63) is 11.6 Å². The smallest absolute Gasteiger partial charge is 0.410 e. The number of nitrogens with one attached hydrogen (secondary N) is 2. The molecule has 24 heavy (non-hydrogen) atoms. The van der Waals surface area contributed by atoms with Gasteiger partial charge in [-0.25, -0.2) is 14.4 Å². The van der Waals surface area contributed by atoms with Crippen molar-refractivity contribution in [3.63, 3.8) is 0 Å². The first-order valence-electron chi connectivity index (χ1n) is 7.98. The number of rotatable bonds is 7. The molecule has 136 valence electrons. The maximum atomic E-state index is 11.5. The molecule has 0 spiro atoms. The second-order valence-corrected chi connectivity index (χ2v) is 6.44. The predicted molar refractivity (Wildman–Crippen MR) is 86.2 cm³/mol. The molecule has 0 aromatic carbocycles. The summed E-state index contributed by atoms with van der Waals surface area (Å²) in [6.07, 6.45) is 1.78. The average Bonchev–Trinajstić information content (AvgIpc) is 2.74. The summed E-state index contributed by atoms with van der Waals surface area (Å²) in [6, 6.07) is 0. The van der Waals surface area contributed by atoms with Gasteiger partial charge in [0.25, 0.3) is 6.29 Å². The maximum absolute atomic E-state index is 11.5. The minimum absolute atomic E-state index is 0.422. The third-order valence-corrected chi connectivity index (χ3v) is 2.95. The molecule has 1 rings (SSSR count). The van der Waals surface area contributed by atoms with E-state index in [0.717, 1.165) is 19.3 Å². The number of amides is 2. The largest absolute Gasteiger partial charge is 0.444 e. The molecule has 0 aromatic rings. The van der Waals surface area contributed by atoms with E-state index in [2.05, 4.69) is 10.6 Å². The van der Waals surface area contributed by atoms with E-state index >= 15 is 0 Å². The minimum Gasteiger partial charge on any atom is -0.444 e. The highest BCUT2D eigenvalue weighted by atomic mass is 16.7. The van der Waals surface area contributed by atoms with Gasteiger partial charge < -0.3 is 24.8 Å². The van der Waals surface area contributed by atoms with Crippen LogP contribution >= 0.6 is 0 Å². The Hall–Kier alpha value is -2.25. The van der Waals surface area contributed by atoms with Gasteiger partial charge in [0.05, 0.1) is 0 Å². The molecule has 0 bridgehead atoms. The van der Waals surface area contributed by atoms with Crippen molar-refractivity contribution in [1.82, 2.24) is 10.6 Å². The van der Waals surface area contributed by atoms with E-state index < -0.39 is 30.0 Å². The Morgan fingerprint density at radius 1 is 1.12 bits per heavy atom. The highest BCUT2D eigenvalue weighted by Crippen LogP contribution is 2.13. The van der Waals surface area contributed by atoms with Crippen molar-refractivity contribution in [1.29, 1.82) is 0 Å². The van der Waals surface area contributed by atoms with Gasteiger partial charge in [-0.3, -0.25) is 0 Å². The number of ether oxygens (including phenoxy) is 3. The van der Waals surface area contributed by atoms with E-state index in [1.54, 1.807) is 27.7 Å². The fourth-order valence-corrected chi connectivity index (χ4v) is 1.83. The molecule has 0 saturated heterocycles. The van der Waals surface area contributed by atoms with E-state index in [0.29, 0.717) is 18.7 Å². The molecule has 0 fully saturated rings. The van der Waals surface area contributed by atoms with E-state index in [1.807, 2.05) is 0 Å². The zero-order valence-corrected chi connectivity index (χ0v) is 14.6. The number of hydrogen-bond donors (Lipinski definition) is 2. The van der Waals surface area contributed by atoms with Crippen LogP contribution in [0.5, 0.6) is 0 Å². The highest BCUT2D eigenvalue weighted by Gasteiger charge is 2.25. The molecule has 1 aliphatic rings. The summed E-state index contributed by atoms with van der Waals surface area (Å²) in [5.41, 5.74) is -0.0827. The van der Waals surface area contributed by atoms with Crippen molar-refractivity contribution in [3.8, 4) is 0 Å². The number of hydrogen-bond acceptors (Lipinski definition) is 6. The second-order valence-electron chi connectivity index (χ2n) is 6.44. The summed E-state index contributed by atoms with van der Waals surface area (Å²) < 4.78 is 14.8. The first kappa shape index (κ1) is 19.8. The number of carbonyl (C=O) groups is 3. The Bertz CT molecular complexity index is 495. The van der Waals surface area contributed by atoms with Crippen molar-refractivity contribution in [2.45, 2.75) is 58.8 Å². The quantitative estimate of drug-likeness (QED) is 0.543. The maximum Gasteiger partial charge on any atom is 0.410 e. The highest BCUT2D eigenvalue weighted by molar-refractivity contribution is 5.90. The first-order chi connectivity index (χ1) is 11.2. The molecular weight excluding hydrogens is 316 g/mol. The van der Waals surface area contributed by atoms with Crippen LogP contribution in [0.25, 0.3) is 0 Å². The normalized spacial score (nSPS) is 16.9. The van der Waals surface area contributed by atoms with E-state index in [-0.39, 0.29) is 0 Å². The molecule has 2 amide bonds. The van der Waals surface area contributed by atoms with Gasteiger partial charge >= 0.3 is 18.2 Å². The minimum atomic E-state index is -0.949. The molecule has 0 aliphatic carbocycles. The molecular formula is C16H26N2O6. The van der Waals surface area contributed by atoms with Gasteiger partial charge in [0.2, 0.25) is 0 Å². The summed E-state index contributed by atoms with van der Waals surface area (Å²) in [5.74, 6) is -0.481. The van der Waals surface area contributed by atoms with E-state index in [9.17, 15) is 14.4 Å². The monoisotopic (exact) mass is 342 g/mol. The third kappa shape index (κ3) is 8.40. The van der Waals surface area contributed by atoms with Gasteiger partial charge in [-0.1, -0.05) is 0 Å². The summed E-state index contributed by atoms with van der Waals surface area (Å²) in [6.45, 7) is 7.97. The molecule has 1 unspecified atom stereocenters. The standard InChI is InChI=1S/C16H26N2O6/c1-11-10-12(22-13(11)19)23-14(20)17-8-6-5-7-9-18-15(21)24-16(2,3)4/h10,12H,5-9H2,1-4H3,(H,17,20)(H,18,21). The van der Waals surface area contributed by atoms with Crippen LogP contribution in [0.4, 0.5) is 9.59 Å². The Balaban J connectivity index is 1.99. The lowest BCUT2D eigenvalue weighted by atomic mass is 10.2. The topological polar surface area (TPSA) is 103 Å². The lowest BCUT2D eigenvalue weighted by molar-refractivity contribution is -0.151. The van der Waals surface area contributed by atoms with Crippen LogP contribution in [0.2, 0.25) is 0 Å². The Labute approximate surface area is 141 Å². The lowest BCUT2D eigenvalue weighted by Crippen LogP contribution is -2.33. The SMILES string of the molecule is CC1=CC(OC(=O)NCCCCCNC(=O)OC(C)(C)C)OC1=O. The van der Waals surface area contributed by atoms with Gasteiger partial charge in [-0.2, -0.15) is 0 Å². The number of unbranched alkanes of at least 4 members (excludes halogenated alkanes) is 2. The molecule has 2 N–H and O–H groups in total. The van der Waals surface area contributed by atoms with Gasteiger partial charge in [0, 0.05) is 24.7 Å². The fraction of sp³-hybridized carbons (Fsp3) is 0.688. The van der Waals surface area contributed by atoms with Gasteiger partial charge in [-0.15, -0.1) is 0 Å². The summed E-state index contributed by atoms with van der Waals surface area (Å²) in [7, 11) is 0. The van der Waals surface area contributed by atoms with E-state index in [4.69, 9.17) is 14.2 Å². The Morgan fingerprint density at radius 2 is 1.71 bits per heavy atom. The van der Waals surface area contributed by atoms with Crippen LogP contribution in [0.3, 0.4) is 0 Å². The zero-order chi connectivity index (χ0) is 18.2. The molecule has 0 radical (unpaired) electrons. The molecule has 0 saturated carbocycles. The van der Waals surface area contributed by atoms with Gasteiger partial charge in [-0.05, 0) is 47.0 Å². The second kappa shape index (κ2) is 9.14. The molecule has 1 aliphatic heterocycles. The van der Waals surface area contributed by atoms with Crippen molar-refractivity contribution in [2.75, 3.05) is 13.1 Å². The summed E-state index contributed by atoms with van der Waals surface area (Å²) in [5, 5.41) is 5.24. The van der Waals surface area contributed by atoms with E-state index in [1.165, 1.54) is 6.08 Å². The first-order valence-corrected chi connectivity index (χ1v) is 7.98. The van der Waals surface area contributed by atoms with Crippen molar-refractivity contribution in [2.24, 2.45) is 0 Å². The Kier molecular flexibility index (Phi) is 7.54. The molecule has 8 heteroatoms. The van der Waals surface area contributed by atoms with Crippen LogP contribution < -0.4 is 10.6 Å². The van der Waals surface area contributed by atoms with Crippen LogP contribution in [-0.4, -0.2) is 43.1 Å². The molecule has 0 aromatic heterocycles. The average molecular weight is 342 g/mol. The lowest BCUT2D eigenvalue weighted by Gasteiger charge is -2.19. The molecule has 1 atom stereocenters. The molecule has 1 heterocycles. The summed E-state index contributed by atoms with van der Waals surface area (Å²) in [4.78, 5) is 34.0.